The average Bonchev–Trinajstić information content (AvgIpc) is 3.14. The average molecular weight is 519 g/mol. The second-order valence-electron chi connectivity index (χ2n) is 7.65. The minimum Gasteiger partial charge on any atom is -0.463 e. The molecule has 1 aliphatic rings. The SMILES string of the molecule is CCOC(=O)[C@](NC(=O)c1cccc(C(F)(F)F)c1)(Nc1sc2c(c1C#N)CCCC2)C(F)(F)F. The zero-order chi connectivity index (χ0) is 26.0. The summed E-state index contributed by atoms with van der Waals surface area (Å²) in [5.41, 5.74) is -5.41. The maximum atomic E-state index is 14.5. The summed E-state index contributed by atoms with van der Waals surface area (Å²) in [5.74, 6) is -3.53. The van der Waals surface area contributed by atoms with Crippen LogP contribution in [-0.4, -0.2) is 30.3 Å². The van der Waals surface area contributed by atoms with Gasteiger partial charge in [0.1, 0.15) is 11.1 Å². The van der Waals surface area contributed by atoms with Gasteiger partial charge in [-0.2, -0.15) is 31.6 Å². The van der Waals surface area contributed by atoms with Crippen LogP contribution in [0, 0.1) is 11.3 Å². The lowest BCUT2D eigenvalue weighted by molar-refractivity contribution is -0.204. The zero-order valence-electron chi connectivity index (χ0n) is 18.2. The van der Waals surface area contributed by atoms with Crippen molar-refractivity contribution in [2.45, 2.75) is 50.6 Å². The molecule has 0 saturated carbocycles. The number of thiophene rings is 1. The van der Waals surface area contributed by atoms with Gasteiger partial charge in [-0.3, -0.25) is 4.79 Å². The molecule has 0 bridgehead atoms. The van der Waals surface area contributed by atoms with Crippen molar-refractivity contribution in [1.82, 2.24) is 5.32 Å². The van der Waals surface area contributed by atoms with Crippen LogP contribution in [0.15, 0.2) is 24.3 Å². The van der Waals surface area contributed by atoms with Crippen LogP contribution in [0.2, 0.25) is 0 Å². The van der Waals surface area contributed by atoms with Gasteiger partial charge in [0, 0.05) is 10.4 Å². The summed E-state index contributed by atoms with van der Waals surface area (Å²) < 4.78 is 87.1. The van der Waals surface area contributed by atoms with Crippen LogP contribution in [0.25, 0.3) is 0 Å². The van der Waals surface area contributed by atoms with Crippen molar-refractivity contribution < 1.29 is 40.7 Å². The molecular weight excluding hydrogens is 500 g/mol. The maximum absolute atomic E-state index is 14.5. The largest absolute Gasteiger partial charge is 0.463 e. The summed E-state index contributed by atoms with van der Waals surface area (Å²) in [4.78, 5) is 26.1. The second-order valence-corrected chi connectivity index (χ2v) is 8.76. The van der Waals surface area contributed by atoms with Gasteiger partial charge in [0.15, 0.2) is 0 Å². The normalized spacial score (nSPS) is 15.4. The standard InChI is InChI=1S/C22H19F6N3O3S/c1-2-34-19(33)20(22(26,27)28,30-17(32)12-6-5-7-13(10-12)21(23,24)25)31-18-15(11-29)14-8-3-4-9-16(14)35-18/h5-7,10,31H,2-4,8-9H2,1H3,(H,30,32)/t20-/m0/s1. The quantitative estimate of drug-likeness (QED) is 0.312. The van der Waals surface area contributed by atoms with Crippen LogP contribution >= 0.6 is 11.3 Å². The zero-order valence-corrected chi connectivity index (χ0v) is 19.0. The van der Waals surface area contributed by atoms with E-state index >= 15 is 0 Å². The number of nitriles is 1. The Balaban J connectivity index is 2.10. The number of amides is 1. The lowest BCUT2D eigenvalue weighted by atomic mass is 9.96. The molecule has 1 aliphatic carbocycles. The highest BCUT2D eigenvalue weighted by Gasteiger charge is 2.64. The van der Waals surface area contributed by atoms with Gasteiger partial charge in [-0.25, -0.2) is 4.79 Å². The molecule has 0 saturated heterocycles. The number of carbonyl (C=O) groups is 2. The molecule has 0 radical (unpaired) electrons. The van der Waals surface area contributed by atoms with Crippen LogP contribution < -0.4 is 10.6 Å². The molecule has 188 valence electrons. The van der Waals surface area contributed by atoms with Crippen molar-refractivity contribution in [1.29, 1.82) is 5.26 Å². The number of rotatable bonds is 6. The molecule has 0 spiro atoms. The summed E-state index contributed by atoms with van der Waals surface area (Å²) in [6, 6.07) is 4.59. The molecule has 0 unspecified atom stereocenters. The number of esters is 1. The molecule has 2 aromatic rings. The summed E-state index contributed by atoms with van der Waals surface area (Å²) in [5, 5.41) is 12.8. The predicted molar refractivity (Wildman–Crippen MR) is 114 cm³/mol. The van der Waals surface area contributed by atoms with Gasteiger partial charge in [0.05, 0.1) is 17.7 Å². The number of ether oxygens (including phenoxy) is 1. The number of fused-ring (bicyclic) bond motifs is 1. The van der Waals surface area contributed by atoms with E-state index < -0.39 is 47.6 Å². The Labute approximate surface area is 199 Å². The molecule has 0 aliphatic heterocycles. The van der Waals surface area contributed by atoms with Crippen molar-refractivity contribution in [3.63, 3.8) is 0 Å². The van der Waals surface area contributed by atoms with E-state index in [0.717, 1.165) is 36.3 Å². The number of alkyl halides is 6. The number of benzene rings is 1. The maximum Gasteiger partial charge on any atom is 0.441 e. The molecule has 6 nitrogen and oxygen atoms in total. The van der Waals surface area contributed by atoms with Gasteiger partial charge in [0.2, 0.25) is 0 Å². The van der Waals surface area contributed by atoms with E-state index in [-0.39, 0.29) is 10.6 Å². The Kier molecular flexibility index (Phi) is 7.35. The van der Waals surface area contributed by atoms with Gasteiger partial charge < -0.3 is 15.4 Å². The number of halogens is 6. The number of anilines is 1. The summed E-state index contributed by atoms with van der Waals surface area (Å²) >= 11 is 0.852. The minimum atomic E-state index is -5.51. The van der Waals surface area contributed by atoms with Gasteiger partial charge in [-0.15, -0.1) is 11.3 Å². The van der Waals surface area contributed by atoms with E-state index in [1.54, 1.807) is 0 Å². The highest BCUT2D eigenvalue weighted by molar-refractivity contribution is 7.16. The van der Waals surface area contributed by atoms with Crippen molar-refractivity contribution in [2.24, 2.45) is 0 Å². The molecule has 35 heavy (non-hydrogen) atoms. The van der Waals surface area contributed by atoms with Gasteiger partial charge in [-0.1, -0.05) is 6.07 Å². The molecule has 1 aromatic carbocycles. The van der Waals surface area contributed by atoms with Crippen LogP contribution in [0.3, 0.4) is 0 Å². The Morgan fingerprint density at radius 3 is 2.43 bits per heavy atom. The molecule has 1 amide bonds. The summed E-state index contributed by atoms with van der Waals surface area (Å²) in [6.45, 7) is 0.766. The lowest BCUT2D eigenvalue weighted by Crippen LogP contribution is -2.69. The van der Waals surface area contributed by atoms with Crippen molar-refractivity contribution >= 4 is 28.2 Å². The first kappa shape index (κ1) is 26.3. The summed E-state index contributed by atoms with van der Waals surface area (Å²) in [7, 11) is 0. The molecule has 1 heterocycles. The molecule has 2 N–H and O–H groups in total. The molecule has 3 rings (SSSR count). The van der Waals surface area contributed by atoms with E-state index in [4.69, 9.17) is 0 Å². The molecular formula is C22H19F6N3O3S. The molecule has 13 heteroatoms. The number of aryl methyl sites for hydroxylation is 1. The van der Waals surface area contributed by atoms with Crippen LogP contribution in [0.1, 0.15) is 51.7 Å². The first-order valence-corrected chi connectivity index (χ1v) is 11.2. The molecule has 0 fully saturated rings. The predicted octanol–water partition coefficient (Wildman–Crippen LogP) is 5.18. The Morgan fingerprint density at radius 1 is 1.14 bits per heavy atom. The minimum absolute atomic E-state index is 0.0871. The monoisotopic (exact) mass is 519 g/mol. The Morgan fingerprint density at radius 2 is 1.83 bits per heavy atom. The second kappa shape index (κ2) is 9.77. The van der Waals surface area contributed by atoms with E-state index in [1.807, 2.05) is 11.4 Å². The van der Waals surface area contributed by atoms with Crippen molar-refractivity contribution in [2.75, 3.05) is 11.9 Å². The topological polar surface area (TPSA) is 91.2 Å². The Hall–Kier alpha value is -3.27. The number of carbonyl (C=O) groups excluding carboxylic acids is 2. The fourth-order valence-corrected chi connectivity index (χ4v) is 4.95. The van der Waals surface area contributed by atoms with E-state index in [1.165, 1.54) is 12.2 Å². The molecule has 1 aromatic heterocycles. The number of nitrogens with one attached hydrogen (secondary N) is 2. The van der Waals surface area contributed by atoms with Crippen molar-refractivity contribution in [3.8, 4) is 6.07 Å². The van der Waals surface area contributed by atoms with Gasteiger partial charge >= 0.3 is 24.0 Å². The van der Waals surface area contributed by atoms with Crippen LogP contribution in [0.4, 0.5) is 31.3 Å². The first-order valence-electron chi connectivity index (χ1n) is 10.4. The van der Waals surface area contributed by atoms with Gasteiger partial charge in [0.25, 0.3) is 5.91 Å². The van der Waals surface area contributed by atoms with E-state index in [9.17, 15) is 41.2 Å². The third kappa shape index (κ3) is 5.22. The van der Waals surface area contributed by atoms with Crippen LogP contribution in [-0.2, 0) is 28.5 Å². The Bertz CT molecular complexity index is 1170. The lowest BCUT2D eigenvalue weighted by Gasteiger charge is -2.35. The third-order valence-corrected chi connectivity index (χ3v) is 6.55. The van der Waals surface area contributed by atoms with E-state index in [0.29, 0.717) is 35.4 Å². The smallest absolute Gasteiger partial charge is 0.441 e. The highest BCUT2D eigenvalue weighted by atomic mass is 32.1. The number of nitrogens with zero attached hydrogens (tertiary/aromatic N) is 1. The number of hydrogen-bond acceptors (Lipinski definition) is 6. The fraction of sp³-hybridized carbons (Fsp3) is 0.409. The van der Waals surface area contributed by atoms with Crippen LogP contribution in [0.5, 0.6) is 0 Å². The highest BCUT2D eigenvalue weighted by Crippen LogP contribution is 2.42. The fourth-order valence-electron chi connectivity index (χ4n) is 3.65. The summed E-state index contributed by atoms with van der Waals surface area (Å²) in [6.07, 6.45) is -7.86. The third-order valence-electron chi connectivity index (χ3n) is 5.34. The molecule has 1 atom stereocenters. The first-order chi connectivity index (χ1) is 16.3. The van der Waals surface area contributed by atoms with Gasteiger partial charge in [-0.05, 0) is 56.4 Å². The van der Waals surface area contributed by atoms with E-state index in [2.05, 4.69) is 4.74 Å². The van der Waals surface area contributed by atoms with Crippen molar-refractivity contribution in [3.05, 3.63) is 51.4 Å². The number of hydrogen-bond donors (Lipinski definition) is 2.